The van der Waals surface area contributed by atoms with Crippen LogP contribution in [0.4, 0.5) is 5.69 Å². The predicted molar refractivity (Wildman–Crippen MR) is 122 cm³/mol. The largest absolute Gasteiger partial charge is 0.486 e. The lowest BCUT2D eigenvalue weighted by Gasteiger charge is -2.21. The van der Waals surface area contributed by atoms with Gasteiger partial charge in [0.1, 0.15) is 24.8 Å². The van der Waals surface area contributed by atoms with Gasteiger partial charge in [0.25, 0.3) is 5.91 Å². The number of likely N-dealkylation sites (N-methyl/N-ethyl adjacent to an activating group) is 1. The number of nitrogens with one attached hydrogen (secondary N) is 1. The Labute approximate surface area is 190 Å². The highest BCUT2D eigenvalue weighted by atomic mass is 32.2. The molecular weight excluding hydrogens is 426 g/mol. The maximum Gasteiger partial charge on any atom is 0.254 e. The maximum atomic E-state index is 12.9. The van der Waals surface area contributed by atoms with Crippen molar-refractivity contribution in [1.29, 1.82) is 0 Å². The van der Waals surface area contributed by atoms with Crippen molar-refractivity contribution in [3.05, 3.63) is 72.4 Å². The monoisotopic (exact) mass is 449 g/mol. The summed E-state index contributed by atoms with van der Waals surface area (Å²) in [7, 11) is 0. The summed E-state index contributed by atoms with van der Waals surface area (Å²) in [5, 5.41) is 3.71. The van der Waals surface area contributed by atoms with Gasteiger partial charge in [-0.3, -0.25) is 9.59 Å². The fourth-order valence-electron chi connectivity index (χ4n) is 3.20. The van der Waals surface area contributed by atoms with Crippen LogP contribution in [-0.4, -0.2) is 48.0 Å². The number of ether oxygens (including phenoxy) is 2. The van der Waals surface area contributed by atoms with E-state index in [2.05, 4.69) is 10.3 Å². The van der Waals surface area contributed by atoms with Crippen LogP contribution >= 0.6 is 11.8 Å². The fourth-order valence-corrected chi connectivity index (χ4v) is 3.97. The van der Waals surface area contributed by atoms with Gasteiger partial charge >= 0.3 is 0 Å². The Morgan fingerprint density at radius 2 is 1.81 bits per heavy atom. The van der Waals surface area contributed by atoms with Gasteiger partial charge in [0.2, 0.25) is 5.91 Å². The van der Waals surface area contributed by atoms with Gasteiger partial charge in [-0.2, -0.15) is 0 Å². The van der Waals surface area contributed by atoms with E-state index in [1.807, 2.05) is 37.3 Å². The SMILES string of the molecule is CCN(CC(=O)Nc1ccc2c(c1)OCCO2)C(=O)c1ccc(Sc2ccccn2)cc1. The first-order valence-electron chi connectivity index (χ1n) is 10.3. The van der Waals surface area contributed by atoms with Gasteiger partial charge in [-0.25, -0.2) is 4.98 Å². The topological polar surface area (TPSA) is 80.8 Å². The molecule has 32 heavy (non-hydrogen) atoms. The Balaban J connectivity index is 1.36. The molecule has 8 heteroatoms. The molecule has 0 saturated carbocycles. The molecule has 0 unspecified atom stereocenters. The number of hydrogen-bond donors (Lipinski definition) is 1. The first-order chi connectivity index (χ1) is 15.6. The third kappa shape index (κ3) is 5.39. The zero-order valence-corrected chi connectivity index (χ0v) is 18.4. The Hall–Kier alpha value is -3.52. The predicted octanol–water partition coefficient (Wildman–Crippen LogP) is 4.10. The molecule has 0 spiro atoms. The highest BCUT2D eigenvalue weighted by Crippen LogP contribution is 2.32. The Kier molecular flexibility index (Phi) is 6.91. The van der Waals surface area contributed by atoms with Crippen LogP contribution in [0.2, 0.25) is 0 Å². The van der Waals surface area contributed by atoms with Crippen LogP contribution in [0.15, 0.2) is 76.8 Å². The van der Waals surface area contributed by atoms with E-state index in [1.54, 1.807) is 36.5 Å². The number of benzene rings is 2. The number of carbonyl (C=O) groups is 2. The maximum absolute atomic E-state index is 12.9. The van der Waals surface area contributed by atoms with E-state index in [9.17, 15) is 9.59 Å². The van der Waals surface area contributed by atoms with Gasteiger partial charge in [0, 0.05) is 35.0 Å². The summed E-state index contributed by atoms with van der Waals surface area (Å²) in [6, 6.07) is 18.3. The minimum atomic E-state index is -0.279. The van der Waals surface area contributed by atoms with E-state index >= 15 is 0 Å². The molecule has 4 rings (SSSR count). The summed E-state index contributed by atoms with van der Waals surface area (Å²) in [4.78, 5) is 32.3. The second kappa shape index (κ2) is 10.2. The van der Waals surface area contributed by atoms with E-state index in [1.165, 1.54) is 16.7 Å². The molecule has 1 N–H and O–H groups in total. The van der Waals surface area contributed by atoms with Gasteiger partial charge < -0.3 is 19.7 Å². The number of aromatic nitrogens is 1. The molecule has 0 fully saturated rings. The number of hydrogen-bond acceptors (Lipinski definition) is 6. The van der Waals surface area contributed by atoms with Crippen molar-refractivity contribution in [2.75, 3.05) is 31.6 Å². The molecule has 2 aromatic carbocycles. The highest BCUT2D eigenvalue weighted by molar-refractivity contribution is 7.99. The third-order valence-corrected chi connectivity index (χ3v) is 5.75. The Morgan fingerprint density at radius 1 is 1.03 bits per heavy atom. The first-order valence-corrected chi connectivity index (χ1v) is 11.1. The summed E-state index contributed by atoms with van der Waals surface area (Å²) in [6.45, 7) is 3.20. The van der Waals surface area contributed by atoms with Crippen LogP contribution in [0.3, 0.4) is 0 Å². The van der Waals surface area contributed by atoms with Gasteiger partial charge in [-0.1, -0.05) is 17.8 Å². The molecule has 1 aromatic heterocycles. The molecule has 3 aromatic rings. The number of rotatable bonds is 7. The third-order valence-electron chi connectivity index (χ3n) is 4.79. The molecular formula is C24H23N3O4S. The van der Waals surface area contributed by atoms with Crippen molar-refractivity contribution < 1.29 is 19.1 Å². The standard InChI is InChI=1S/C24H23N3O4S/c1-2-27(16-22(28)26-18-8-11-20-21(15-18)31-14-13-30-20)24(29)17-6-9-19(10-7-17)32-23-5-3-4-12-25-23/h3-12,15H,2,13-14,16H2,1H3,(H,26,28). The highest BCUT2D eigenvalue weighted by Gasteiger charge is 2.18. The molecule has 0 saturated heterocycles. The summed E-state index contributed by atoms with van der Waals surface area (Å²) in [5.41, 5.74) is 1.13. The lowest BCUT2D eigenvalue weighted by Crippen LogP contribution is -2.37. The van der Waals surface area contributed by atoms with Crippen LogP contribution in [0.1, 0.15) is 17.3 Å². The van der Waals surface area contributed by atoms with Gasteiger partial charge in [-0.15, -0.1) is 0 Å². The van der Waals surface area contributed by atoms with Crippen molar-refractivity contribution in [3.8, 4) is 11.5 Å². The number of nitrogens with zero attached hydrogens (tertiary/aromatic N) is 2. The molecule has 1 aliphatic heterocycles. The number of carbonyl (C=O) groups excluding carboxylic acids is 2. The quantitative estimate of drug-likeness (QED) is 0.585. The average molecular weight is 450 g/mol. The van der Waals surface area contributed by atoms with E-state index in [0.29, 0.717) is 42.5 Å². The average Bonchev–Trinajstić information content (AvgIpc) is 2.83. The van der Waals surface area contributed by atoms with Crippen LogP contribution in [0.5, 0.6) is 11.5 Å². The van der Waals surface area contributed by atoms with Crippen molar-refractivity contribution in [2.24, 2.45) is 0 Å². The zero-order valence-electron chi connectivity index (χ0n) is 17.6. The zero-order chi connectivity index (χ0) is 22.3. The summed E-state index contributed by atoms with van der Waals surface area (Å²) in [5.74, 6) is 0.781. The number of pyridine rings is 1. The molecule has 2 heterocycles. The van der Waals surface area contributed by atoms with Gasteiger partial charge in [0.05, 0.1) is 0 Å². The molecule has 0 bridgehead atoms. The molecule has 1 aliphatic rings. The minimum Gasteiger partial charge on any atom is -0.486 e. The van der Waals surface area contributed by atoms with E-state index in [-0.39, 0.29) is 18.4 Å². The molecule has 164 valence electrons. The lowest BCUT2D eigenvalue weighted by molar-refractivity contribution is -0.116. The minimum absolute atomic E-state index is 0.0474. The number of anilines is 1. The van der Waals surface area contributed by atoms with Crippen molar-refractivity contribution in [2.45, 2.75) is 16.8 Å². The molecule has 2 amide bonds. The summed E-state index contributed by atoms with van der Waals surface area (Å²) >= 11 is 1.52. The van der Waals surface area contributed by atoms with Crippen LogP contribution in [0.25, 0.3) is 0 Å². The second-order valence-corrected chi connectivity index (χ2v) is 8.11. The van der Waals surface area contributed by atoms with Crippen LogP contribution < -0.4 is 14.8 Å². The summed E-state index contributed by atoms with van der Waals surface area (Å²) in [6.07, 6.45) is 1.75. The fraction of sp³-hybridized carbons (Fsp3) is 0.208. The van der Waals surface area contributed by atoms with E-state index < -0.39 is 0 Å². The Morgan fingerprint density at radius 3 is 2.53 bits per heavy atom. The number of fused-ring (bicyclic) bond motifs is 1. The summed E-state index contributed by atoms with van der Waals surface area (Å²) < 4.78 is 11.0. The smallest absolute Gasteiger partial charge is 0.254 e. The normalized spacial score (nSPS) is 12.2. The molecule has 7 nitrogen and oxygen atoms in total. The van der Waals surface area contributed by atoms with Crippen LogP contribution in [-0.2, 0) is 4.79 Å². The first kappa shape index (κ1) is 21.7. The molecule has 0 atom stereocenters. The van der Waals surface area contributed by atoms with E-state index in [0.717, 1.165) is 9.92 Å². The lowest BCUT2D eigenvalue weighted by atomic mass is 10.2. The Bertz CT molecular complexity index is 1090. The number of amides is 2. The van der Waals surface area contributed by atoms with E-state index in [4.69, 9.17) is 9.47 Å². The van der Waals surface area contributed by atoms with Crippen molar-refractivity contribution in [1.82, 2.24) is 9.88 Å². The van der Waals surface area contributed by atoms with Crippen molar-refractivity contribution >= 4 is 29.3 Å². The van der Waals surface area contributed by atoms with Crippen LogP contribution in [0, 0.1) is 0 Å². The molecule has 0 aliphatic carbocycles. The molecule has 0 radical (unpaired) electrons. The van der Waals surface area contributed by atoms with Gasteiger partial charge in [-0.05, 0) is 55.5 Å². The van der Waals surface area contributed by atoms with Crippen molar-refractivity contribution in [3.63, 3.8) is 0 Å². The second-order valence-electron chi connectivity index (χ2n) is 7.02. The van der Waals surface area contributed by atoms with Gasteiger partial charge in [0.15, 0.2) is 11.5 Å².